The molecule has 0 spiro atoms. The number of anilines is 1. The van der Waals surface area contributed by atoms with E-state index in [9.17, 15) is 0 Å². The molecule has 4 nitrogen and oxygen atoms in total. The molecule has 2 rings (SSSR count). The maximum atomic E-state index is 5.51. The third kappa shape index (κ3) is 2.10. The average molecular weight is 219 g/mol. The number of hydrogen-bond donors (Lipinski definition) is 1. The first-order chi connectivity index (χ1) is 7.56. The van der Waals surface area contributed by atoms with Gasteiger partial charge in [0.05, 0.1) is 6.04 Å². The van der Waals surface area contributed by atoms with Crippen LogP contribution in [0.2, 0.25) is 0 Å². The number of hydrogen-bond acceptors (Lipinski definition) is 3. The number of rotatable bonds is 3. The van der Waals surface area contributed by atoms with Gasteiger partial charge in [0.1, 0.15) is 17.3 Å². The molecule has 86 valence electrons. The lowest BCUT2D eigenvalue weighted by Crippen LogP contribution is -2.07. The Balaban J connectivity index is 2.14. The molecule has 1 N–H and O–H groups in total. The van der Waals surface area contributed by atoms with Crippen LogP contribution in [0.1, 0.15) is 30.0 Å². The van der Waals surface area contributed by atoms with Gasteiger partial charge >= 0.3 is 0 Å². The van der Waals surface area contributed by atoms with Crippen molar-refractivity contribution in [3.63, 3.8) is 0 Å². The van der Waals surface area contributed by atoms with E-state index in [1.54, 1.807) is 4.68 Å². The van der Waals surface area contributed by atoms with Crippen LogP contribution < -0.4 is 5.32 Å². The van der Waals surface area contributed by atoms with E-state index in [1.807, 2.05) is 33.2 Å². The van der Waals surface area contributed by atoms with Crippen molar-refractivity contribution in [1.82, 2.24) is 9.78 Å². The topological polar surface area (TPSA) is 43.0 Å². The van der Waals surface area contributed by atoms with Crippen molar-refractivity contribution in [3.05, 3.63) is 35.4 Å². The van der Waals surface area contributed by atoms with Gasteiger partial charge in [0.2, 0.25) is 0 Å². The molecule has 0 aliphatic rings. The van der Waals surface area contributed by atoms with Gasteiger partial charge < -0.3 is 9.73 Å². The quantitative estimate of drug-likeness (QED) is 0.863. The third-order valence-electron chi connectivity index (χ3n) is 2.62. The Hall–Kier alpha value is -1.71. The predicted octanol–water partition coefficient (Wildman–Crippen LogP) is 2.80. The minimum atomic E-state index is 0.201. The van der Waals surface area contributed by atoms with E-state index in [4.69, 9.17) is 4.42 Å². The van der Waals surface area contributed by atoms with Crippen molar-refractivity contribution in [2.75, 3.05) is 5.32 Å². The summed E-state index contributed by atoms with van der Waals surface area (Å²) in [6.45, 7) is 6.05. The SMILES string of the molecule is Cc1cc(C(C)Nc2ccn(C)n2)c(C)o1. The Morgan fingerprint density at radius 1 is 1.44 bits per heavy atom. The van der Waals surface area contributed by atoms with Gasteiger partial charge in [-0.1, -0.05) is 0 Å². The first-order valence-corrected chi connectivity index (χ1v) is 5.39. The van der Waals surface area contributed by atoms with Crippen LogP contribution in [0.5, 0.6) is 0 Å². The highest BCUT2D eigenvalue weighted by Crippen LogP contribution is 2.23. The number of furan rings is 1. The van der Waals surface area contributed by atoms with Crippen LogP contribution in [0.25, 0.3) is 0 Å². The molecule has 1 unspecified atom stereocenters. The molecule has 0 amide bonds. The Morgan fingerprint density at radius 3 is 2.69 bits per heavy atom. The van der Waals surface area contributed by atoms with Crippen molar-refractivity contribution >= 4 is 5.82 Å². The van der Waals surface area contributed by atoms with Crippen molar-refractivity contribution in [2.45, 2.75) is 26.8 Å². The molecule has 0 radical (unpaired) electrons. The Morgan fingerprint density at radius 2 is 2.19 bits per heavy atom. The predicted molar refractivity (Wildman–Crippen MR) is 63.4 cm³/mol. The fourth-order valence-corrected chi connectivity index (χ4v) is 1.87. The summed E-state index contributed by atoms with van der Waals surface area (Å²) in [5.74, 6) is 2.80. The standard InChI is InChI=1S/C12H17N3O/c1-8-7-11(10(3)16-8)9(2)13-12-5-6-15(4)14-12/h5-7,9H,1-4H3,(H,13,14). The molecule has 0 fully saturated rings. The molecule has 0 saturated heterocycles. The molecule has 2 aromatic rings. The largest absolute Gasteiger partial charge is 0.466 e. The summed E-state index contributed by atoms with van der Waals surface area (Å²) >= 11 is 0. The molecule has 2 heterocycles. The lowest BCUT2D eigenvalue weighted by Gasteiger charge is -2.11. The third-order valence-corrected chi connectivity index (χ3v) is 2.62. The molecule has 1 atom stereocenters. The second kappa shape index (κ2) is 4.04. The van der Waals surface area contributed by atoms with E-state index in [-0.39, 0.29) is 6.04 Å². The van der Waals surface area contributed by atoms with E-state index in [1.165, 1.54) is 5.56 Å². The van der Waals surface area contributed by atoms with Crippen molar-refractivity contribution in [3.8, 4) is 0 Å². The lowest BCUT2D eigenvalue weighted by atomic mass is 10.1. The second-order valence-corrected chi connectivity index (χ2v) is 4.11. The summed E-state index contributed by atoms with van der Waals surface area (Å²) in [5, 5.41) is 7.63. The average Bonchev–Trinajstić information content (AvgIpc) is 2.73. The van der Waals surface area contributed by atoms with Gasteiger partial charge in [-0.05, 0) is 26.8 Å². The molecular weight excluding hydrogens is 202 g/mol. The normalized spacial score (nSPS) is 12.8. The molecule has 0 aliphatic heterocycles. The number of aromatic nitrogens is 2. The van der Waals surface area contributed by atoms with Gasteiger partial charge in [0.25, 0.3) is 0 Å². The zero-order valence-corrected chi connectivity index (χ0v) is 10.1. The molecule has 0 aliphatic carbocycles. The first kappa shape index (κ1) is 10.8. The monoisotopic (exact) mass is 219 g/mol. The Kier molecular flexibility index (Phi) is 2.73. The lowest BCUT2D eigenvalue weighted by molar-refractivity contribution is 0.499. The van der Waals surface area contributed by atoms with Gasteiger partial charge in [-0.2, -0.15) is 5.10 Å². The van der Waals surface area contributed by atoms with Gasteiger partial charge in [-0.15, -0.1) is 0 Å². The summed E-state index contributed by atoms with van der Waals surface area (Å²) in [5.41, 5.74) is 1.18. The van der Waals surface area contributed by atoms with E-state index in [2.05, 4.69) is 23.4 Å². The Bertz CT molecular complexity index is 484. The molecule has 4 heteroatoms. The van der Waals surface area contributed by atoms with Crippen LogP contribution >= 0.6 is 0 Å². The fraction of sp³-hybridized carbons (Fsp3) is 0.417. The fourth-order valence-electron chi connectivity index (χ4n) is 1.87. The molecule has 0 bridgehead atoms. The van der Waals surface area contributed by atoms with Gasteiger partial charge in [-0.25, -0.2) is 0 Å². The highest BCUT2D eigenvalue weighted by molar-refractivity contribution is 5.37. The van der Waals surface area contributed by atoms with E-state index in [0.29, 0.717) is 0 Å². The maximum Gasteiger partial charge on any atom is 0.148 e. The van der Waals surface area contributed by atoms with E-state index in [0.717, 1.165) is 17.3 Å². The number of aryl methyl sites for hydroxylation is 3. The molecule has 16 heavy (non-hydrogen) atoms. The summed E-state index contributed by atoms with van der Waals surface area (Å²) in [6.07, 6.45) is 1.92. The van der Waals surface area contributed by atoms with Crippen molar-refractivity contribution in [2.24, 2.45) is 7.05 Å². The van der Waals surface area contributed by atoms with E-state index < -0.39 is 0 Å². The maximum absolute atomic E-state index is 5.51. The van der Waals surface area contributed by atoms with Crippen LogP contribution in [0.3, 0.4) is 0 Å². The first-order valence-electron chi connectivity index (χ1n) is 5.39. The zero-order chi connectivity index (χ0) is 11.7. The summed E-state index contributed by atoms with van der Waals surface area (Å²) in [4.78, 5) is 0. The van der Waals surface area contributed by atoms with Gasteiger partial charge in [-0.3, -0.25) is 4.68 Å². The minimum Gasteiger partial charge on any atom is -0.466 e. The Labute approximate surface area is 95.3 Å². The molecule has 0 aromatic carbocycles. The van der Waals surface area contributed by atoms with E-state index >= 15 is 0 Å². The number of nitrogens with zero attached hydrogens (tertiary/aromatic N) is 2. The van der Waals surface area contributed by atoms with Crippen molar-refractivity contribution in [1.29, 1.82) is 0 Å². The van der Waals surface area contributed by atoms with Crippen LogP contribution in [0, 0.1) is 13.8 Å². The van der Waals surface area contributed by atoms with Crippen LogP contribution in [0.15, 0.2) is 22.7 Å². The van der Waals surface area contributed by atoms with Crippen molar-refractivity contribution < 1.29 is 4.42 Å². The van der Waals surface area contributed by atoms with Crippen LogP contribution in [0.4, 0.5) is 5.82 Å². The summed E-state index contributed by atoms with van der Waals surface area (Å²) in [6, 6.07) is 4.22. The van der Waals surface area contributed by atoms with Gasteiger partial charge in [0, 0.05) is 24.9 Å². The second-order valence-electron chi connectivity index (χ2n) is 4.11. The van der Waals surface area contributed by atoms with Crippen LogP contribution in [-0.2, 0) is 7.05 Å². The molecular formula is C12H17N3O. The smallest absolute Gasteiger partial charge is 0.148 e. The summed E-state index contributed by atoms with van der Waals surface area (Å²) < 4.78 is 7.29. The highest BCUT2D eigenvalue weighted by atomic mass is 16.3. The van der Waals surface area contributed by atoms with Gasteiger partial charge in [0.15, 0.2) is 0 Å². The molecule has 2 aromatic heterocycles. The summed E-state index contributed by atoms with van der Waals surface area (Å²) in [7, 11) is 1.91. The number of nitrogens with one attached hydrogen (secondary N) is 1. The zero-order valence-electron chi connectivity index (χ0n) is 10.1. The van der Waals surface area contributed by atoms with Crippen LogP contribution in [-0.4, -0.2) is 9.78 Å². The highest BCUT2D eigenvalue weighted by Gasteiger charge is 2.13. The minimum absolute atomic E-state index is 0.201. The molecule has 0 saturated carbocycles.